The molecule has 0 N–H and O–H groups in total. The summed E-state index contributed by atoms with van der Waals surface area (Å²) >= 11 is 6.16. The van der Waals surface area contributed by atoms with E-state index in [9.17, 15) is 17.6 Å². The molecular formula is C26H25ClF4N4. The Morgan fingerprint density at radius 1 is 1.06 bits per heavy atom. The van der Waals surface area contributed by atoms with Crippen molar-refractivity contribution in [2.45, 2.75) is 44.8 Å². The van der Waals surface area contributed by atoms with E-state index < -0.39 is 11.7 Å². The van der Waals surface area contributed by atoms with Crippen LogP contribution in [0.25, 0.3) is 11.3 Å². The maximum Gasteiger partial charge on any atom is 0.418 e. The van der Waals surface area contributed by atoms with E-state index in [1.807, 2.05) is 12.1 Å². The van der Waals surface area contributed by atoms with Crippen LogP contribution in [0.1, 0.15) is 42.6 Å². The Morgan fingerprint density at radius 2 is 1.86 bits per heavy atom. The predicted molar refractivity (Wildman–Crippen MR) is 125 cm³/mol. The predicted octanol–water partition coefficient (Wildman–Crippen LogP) is 6.58. The zero-order valence-corrected chi connectivity index (χ0v) is 19.8. The first-order chi connectivity index (χ1) is 16.7. The Kier molecular flexibility index (Phi) is 6.53. The number of hydrogen-bond donors (Lipinski definition) is 0. The van der Waals surface area contributed by atoms with Crippen LogP contribution in [0.2, 0.25) is 5.02 Å². The van der Waals surface area contributed by atoms with Crippen LogP contribution in [0.4, 0.5) is 17.6 Å². The molecule has 1 spiro atoms. The minimum Gasteiger partial charge on any atom is -0.297 e. The van der Waals surface area contributed by atoms with Crippen molar-refractivity contribution in [1.82, 2.24) is 20.1 Å². The second kappa shape index (κ2) is 9.47. The van der Waals surface area contributed by atoms with Crippen LogP contribution in [-0.2, 0) is 19.1 Å². The van der Waals surface area contributed by atoms with Gasteiger partial charge in [-0.15, -0.1) is 0 Å². The maximum atomic E-state index is 13.5. The molecule has 2 fully saturated rings. The van der Waals surface area contributed by atoms with E-state index in [-0.39, 0.29) is 18.1 Å². The van der Waals surface area contributed by atoms with Gasteiger partial charge >= 0.3 is 6.18 Å². The first-order valence-corrected chi connectivity index (χ1v) is 12.1. The van der Waals surface area contributed by atoms with Crippen LogP contribution in [0.5, 0.6) is 0 Å². The summed E-state index contributed by atoms with van der Waals surface area (Å²) in [4.78, 5) is 6.09. The number of hydrogen-bond acceptors (Lipinski definition) is 4. The summed E-state index contributed by atoms with van der Waals surface area (Å²) in [5.41, 5.74) is 1.70. The van der Waals surface area contributed by atoms with E-state index in [1.165, 1.54) is 30.5 Å². The third-order valence-electron chi connectivity index (χ3n) is 7.45. The molecule has 1 atom stereocenters. The topological polar surface area (TPSA) is 41.9 Å². The first kappa shape index (κ1) is 24.1. The number of pyridine rings is 1. The molecular weight excluding hydrogens is 480 g/mol. The number of halogens is 5. The summed E-state index contributed by atoms with van der Waals surface area (Å²) in [6, 6.07) is 10.3. The lowest BCUT2D eigenvalue weighted by molar-refractivity contribution is -0.138. The van der Waals surface area contributed by atoms with Gasteiger partial charge in [-0.1, -0.05) is 11.6 Å². The Morgan fingerprint density at radius 3 is 2.57 bits per heavy atom. The highest BCUT2D eigenvalue weighted by Crippen LogP contribution is 2.61. The molecule has 3 heterocycles. The van der Waals surface area contributed by atoms with E-state index in [0.717, 1.165) is 57.0 Å². The van der Waals surface area contributed by atoms with Crippen molar-refractivity contribution in [3.63, 3.8) is 0 Å². The van der Waals surface area contributed by atoms with Gasteiger partial charge in [-0.05, 0) is 99.0 Å². The molecule has 35 heavy (non-hydrogen) atoms. The summed E-state index contributed by atoms with van der Waals surface area (Å²) < 4.78 is 53.3. The number of aromatic nitrogens is 3. The Balaban J connectivity index is 1.12. The lowest BCUT2D eigenvalue weighted by atomic mass is 9.89. The quantitative estimate of drug-likeness (QED) is 0.355. The minimum atomic E-state index is -4.38. The number of alkyl halides is 3. The van der Waals surface area contributed by atoms with Crippen molar-refractivity contribution < 1.29 is 17.6 Å². The van der Waals surface area contributed by atoms with Gasteiger partial charge in [0.1, 0.15) is 5.82 Å². The van der Waals surface area contributed by atoms with E-state index >= 15 is 0 Å². The second-order valence-corrected chi connectivity index (χ2v) is 10.0. The Labute approximate surface area is 206 Å². The lowest BCUT2D eigenvalue weighted by Crippen LogP contribution is -2.35. The van der Waals surface area contributed by atoms with Crippen LogP contribution in [0.3, 0.4) is 0 Å². The standard InChI is InChI=1S/C26H25ClF4N4/c27-22-7-4-18(28)14-20(22)23-8-6-19(33-34-23)5-3-17-15-25(17)9-12-35(13-10-25)16-24-21(26(29,30)31)2-1-11-32-24/h1-2,4,6-8,11,14,17H,3,5,9-10,12-13,15-16H2. The van der Waals surface area contributed by atoms with Gasteiger partial charge in [-0.25, -0.2) is 4.39 Å². The molecule has 1 saturated carbocycles. The van der Waals surface area contributed by atoms with Crippen molar-refractivity contribution in [3.8, 4) is 11.3 Å². The molecule has 2 aromatic heterocycles. The van der Waals surface area contributed by atoms with Crippen molar-refractivity contribution in [1.29, 1.82) is 0 Å². The molecule has 3 aromatic rings. The Hall–Kier alpha value is -2.58. The highest BCUT2D eigenvalue weighted by Gasteiger charge is 2.54. The smallest absolute Gasteiger partial charge is 0.297 e. The molecule has 9 heteroatoms. The van der Waals surface area contributed by atoms with E-state index in [2.05, 4.69) is 20.1 Å². The van der Waals surface area contributed by atoms with Crippen LogP contribution in [-0.4, -0.2) is 33.2 Å². The molecule has 1 aliphatic carbocycles. The van der Waals surface area contributed by atoms with Crippen molar-refractivity contribution in [2.24, 2.45) is 11.3 Å². The first-order valence-electron chi connectivity index (χ1n) is 11.7. The van der Waals surface area contributed by atoms with Crippen molar-refractivity contribution in [2.75, 3.05) is 13.1 Å². The van der Waals surface area contributed by atoms with Crippen LogP contribution < -0.4 is 0 Å². The molecule has 1 saturated heterocycles. The average molecular weight is 505 g/mol. The van der Waals surface area contributed by atoms with Gasteiger partial charge in [-0.2, -0.15) is 23.4 Å². The van der Waals surface area contributed by atoms with Gasteiger partial charge in [0.15, 0.2) is 0 Å². The fourth-order valence-corrected chi connectivity index (χ4v) is 5.51. The largest absolute Gasteiger partial charge is 0.418 e. The summed E-state index contributed by atoms with van der Waals surface area (Å²) in [5, 5.41) is 8.97. The average Bonchev–Trinajstić information content (AvgIpc) is 3.52. The van der Waals surface area contributed by atoms with E-state index in [1.54, 1.807) is 0 Å². The minimum absolute atomic E-state index is 0.102. The summed E-state index contributed by atoms with van der Waals surface area (Å²) in [6.45, 7) is 1.80. The summed E-state index contributed by atoms with van der Waals surface area (Å²) in [6.07, 6.45) is 2.00. The number of benzene rings is 1. The zero-order chi connectivity index (χ0) is 24.6. The monoisotopic (exact) mass is 504 g/mol. The van der Waals surface area contributed by atoms with Gasteiger partial charge in [0.2, 0.25) is 0 Å². The zero-order valence-electron chi connectivity index (χ0n) is 19.0. The van der Waals surface area contributed by atoms with E-state index in [4.69, 9.17) is 11.6 Å². The second-order valence-electron chi connectivity index (χ2n) is 9.61. The number of likely N-dealkylation sites (tertiary alicyclic amines) is 1. The third kappa shape index (κ3) is 5.33. The maximum absolute atomic E-state index is 13.5. The molecule has 0 bridgehead atoms. The van der Waals surface area contributed by atoms with Crippen LogP contribution in [0.15, 0.2) is 48.7 Å². The normalized spacial score (nSPS) is 19.7. The fraction of sp³-hybridized carbons (Fsp3) is 0.423. The van der Waals surface area contributed by atoms with Gasteiger partial charge < -0.3 is 0 Å². The highest BCUT2D eigenvalue weighted by atomic mass is 35.5. The number of aryl methyl sites for hydroxylation is 1. The molecule has 5 rings (SSSR count). The highest BCUT2D eigenvalue weighted by molar-refractivity contribution is 6.33. The lowest BCUT2D eigenvalue weighted by Gasteiger charge is -2.33. The Bertz CT molecular complexity index is 1190. The van der Waals surface area contributed by atoms with Gasteiger partial charge in [0.05, 0.1) is 27.7 Å². The number of rotatable bonds is 6. The van der Waals surface area contributed by atoms with E-state index in [0.29, 0.717) is 27.6 Å². The molecule has 184 valence electrons. The summed E-state index contributed by atoms with van der Waals surface area (Å²) in [5.74, 6) is 0.227. The van der Waals surface area contributed by atoms with Gasteiger partial charge in [-0.3, -0.25) is 9.88 Å². The van der Waals surface area contributed by atoms with Gasteiger partial charge in [0, 0.05) is 18.3 Å². The molecule has 1 aromatic carbocycles. The van der Waals surface area contributed by atoms with Crippen molar-refractivity contribution in [3.05, 3.63) is 76.5 Å². The van der Waals surface area contributed by atoms with Gasteiger partial charge in [0.25, 0.3) is 0 Å². The molecule has 0 radical (unpaired) electrons. The van der Waals surface area contributed by atoms with Crippen molar-refractivity contribution >= 4 is 11.6 Å². The number of nitrogens with zero attached hydrogens (tertiary/aromatic N) is 4. The van der Waals surface area contributed by atoms with Crippen LogP contribution >= 0.6 is 11.6 Å². The number of piperidine rings is 1. The molecule has 0 amide bonds. The summed E-state index contributed by atoms with van der Waals surface area (Å²) in [7, 11) is 0. The molecule has 4 nitrogen and oxygen atoms in total. The van der Waals surface area contributed by atoms with Crippen LogP contribution in [0, 0.1) is 17.2 Å². The third-order valence-corrected chi connectivity index (χ3v) is 7.78. The fourth-order valence-electron chi connectivity index (χ4n) is 5.30. The molecule has 2 aliphatic rings. The SMILES string of the molecule is Fc1ccc(Cl)c(-c2ccc(CCC3CC34CCN(Cc3ncccc3C(F)(F)F)CC4)nn2)c1. The molecule has 1 aliphatic heterocycles. The molecule has 1 unspecified atom stereocenters.